The zero-order valence-corrected chi connectivity index (χ0v) is 19.7. The van der Waals surface area contributed by atoms with Crippen LogP contribution in [0.5, 0.6) is 5.75 Å². The fraction of sp³-hybridized carbons (Fsp3) is 0.407. The van der Waals surface area contributed by atoms with Gasteiger partial charge in [0.2, 0.25) is 0 Å². The lowest BCUT2D eigenvalue weighted by Crippen LogP contribution is -2.18. The first-order chi connectivity index (χ1) is 16.2. The molecule has 2 N–H and O–H groups in total. The zero-order valence-electron chi connectivity index (χ0n) is 19.7. The number of hydrogen-bond donors (Lipinski definition) is 1. The molecule has 6 heteroatoms. The average Bonchev–Trinajstić information content (AvgIpc) is 3.29. The smallest absolute Gasteiger partial charge is 0.152 e. The van der Waals surface area contributed by atoms with Crippen LogP contribution in [-0.2, 0) is 11.2 Å². The maximum Gasteiger partial charge on any atom is 0.152 e. The van der Waals surface area contributed by atoms with Crippen molar-refractivity contribution < 1.29 is 9.47 Å². The second-order valence-corrected chi connectivity index (χ2v) is 8.43. The van der Waals surface area contributed by atoms with Crippen LogP contribution in [0.4, 0.5) is 5.82 Å². The number of imidazole rings is 1. The van der Waals surface area contributed by atoms with Crippen molar-refractivity contribution in [2.45, 2.75) is 52.0 Å². The summed E-state index contributed by atoms with van der Waals surface area (Å²) in [5, 5.41) is 1.05. The van der Waals surface area contributed by atoms with Crippen molar-refractivity contribution in [1.29, 1.82) is 0 Å². The molecular formula is C27H34N4O2. The predicted molar refractivity (Wildman–Crippen MR) is 135 cm³/mol. The van der Waals surface area contributed by atoms with Crippen LogP contribution in [0.2, 0.25) is 0 Å². The van der Waals surface area contributed by atoms with Gasteiger partial charge in [0.05, 0.1) is 36.6 Å². The summed E-state index contributed by atoms with van der Waals surface area (Å²) >= 11 is 0. The second kappa shape index (κ2) is 11.1. The standard InChI is InChI=1S/C27H34N4O2/c1-3-5-6-9-16-33-22-14-12-20(13-15-22)17-21(18-32-4-2)31-19-29-25-26(31)23-10-7-8-11-24(23)30-27(25)28/h7-8,10-15,19,21H,3-6,9,16-18H2,1-2H3,(H2,28,30). The number of unbranched alkanes of at least 4 members (excludes halogenated alkanes) is 3. The van der Waals surface area contributed by atoms with Crippen molar-refractivity contribution in [1.82, 2.24) is 14.5 Å². The molecule has 1 unspecified atom stereocenters. The molecule has 0 amide bonds. The topological polar surface area (TPSA) is 75.2 Å². The fourth-order valence-corrected chi connectivity index (χ4v) is 4.25. The van der Waals surface area contributed by atoms with Gasteiger partial charge in [-0.05, 0) is 43.5 Å². The van der Waals surface area contributed by atoms with Crippen LogP contribution in [0.1, 0.15) is 51.1 Å². The molecule has 2 heterocycles. The maximum atomic E-state index is 6.24. The van der Waals surface area contributed by atoms with Crippen LogP contribution in [0.25, 0.3) is 21.9 Å². The number of nitrogen functional groups attached to an aromatic ring is 1. The summed E-state index contributed by atoms with van der Waals surface area (Å²) in [4.78, 5) is 9.14. The number of nitrogens with two attached hydrogens (primary N) is 1. The van der Waals surface area contributed by atoms with E-state index in [4.69, 9.17) is 15.2 Å². The molecule has 1 atom stereocenters. The summed E-state index contributed by atoms with van der Waals surface area (Å²) < 4.78 is 14.0. The van der Waals surface area contributed by atoms with E-state index in [0.29, 0.717) is 19.0 Å². The molecule has 33 heavy (non-hydrogen) atoms. The van der Waals surface area contributed by atoms with Gasteiger partial charge in [0, 0.05) is 12.0 Å². The Balaban J connectivity index is 1.56. The van der Waals surface area contributed by atoms with Crippen LogP contribution in [0, 0.1) is 0 Å². The van der Waals surface area contributed by atoms with Gasteiger partial charge in [0.25, 0.3) is 0 Å². The third-order valence-electron chi connectivity index (χ3n) is 6.01. The van der Waals surface area contributed by atoms with Gasteiger partial charge in [-0.1, -0.05) is 56.5 Å². The monoisotopic (exact) mass is 446 g/mol. The minimum atomic E-state index is 0.0842. The van der Waals surface area contributed by atoms with Crippen LogP contribution in [-0.4, -0.2) is 34.4 Å². The number of para-hydroxylation sites is 1. The van der Waals surface area contributed by atoms with Crippen LogP contribution < -0.4 is 10.5 Å². The van der Waals surface area contributed by atoms with Crippen molar-refractivity contribution in [3.63, 3.8) is 0 Å². The van der Waals surface area contributed by atoms with E-state index in [1.165, 1.54) is 24.8 Å². The summed E-state index contributed by atoms with van der Waals surface area (Å²) in [5.74, 6) is 1.38. The Morgan fingerprint density at radius 2 is 1.82 bits per heavy atom. The first-order valence-corrected chi connectivity index (χ1v) is 12.0. The number of nitrogens with zero attached hydrogens (tertiary/aromatic N) is 3. The minimum absolute atomic E-state index is 0.0842. The van der Waals surface area contributed by atoms with E-state index in [2.05, 4.69) is 51.8 Å². The number of hydrogen-bond acceptors (Lipinski definition) is 5. The Bertz CT molecular complexity index is 1170. The third kappa shape index (κ3) is 5.45. The summed E-state index contributed by atoms with van der Waals surface area (Å²) in [6, 6.07) is 16.6. The molecule has 0 aliphatic heterocycles. The SMILES string of the molecule is CCCCCCOc1ccc(CC(COCC)n2cnc3c(N)nc4ccccc4c32)cc1. The average molecular weight is 447 g/mol. The van der Waals surface area contributed by atoms with Gasteiger partial charge in [-0.15, -0.1) is 0 Å². The minimum Gasteiger partial charge on any atom is -0.494 e. The molecule has 0 radical (unpaired) electrons. The highest BCUT2D eigenvalue weighted by Gasteiger charge is 2.19. The highest BCUT2D eigenvalue weighted by molar-refractivity contribution is 6.06. The molecule has 4 aromatic rings. The number of pyridine rings is 1. The van der Waals surface area contributed by atoms with Gasteiger partial charge < -0.3 is 19.8 Å². The molecular weight excluding hydrogens is 412 g/mol. The summed E-state index contributed by atoms with van der Waals surface area (Å²) in [7, 11) is 0. The molecule has 0 bridgehead atoms. The van der Waals surface area contributed by atoms with Crippen molar-refractivity contribution in [3.8, 4) is 5.75 Å². The van der Waals surface area contributed by atoms with Gasteiger partial charge in [0.15, 0.2) is 5.82 Å². The van der Waals surface area contributed by atoms with Gasteiger partial charge in [0.1, 0.15) is 11.3 Å². The Kier molecular flexibility index (Phi) is 7.79. The highest BCUT2D eigenvalue weighted by atomic mass is 16.5. The normalized spacial score (nSPS) is 12.4. The molecule has 2 aromatic heterocycles. The Labute approximate surface area is 195 Å². The molecule has 6 nitrogen and oxygen atoms in total. The van der Waals surface area contributed by atoms with Crippen LogP contribution in [0.3, 0.4) is 0 Å². The quantitative estimate of drug-likeness (QED) is 0.272. The first kappa shape index (κ1) is 23.1. The predicted octanol–water partition coefficient (Wildman–Crippen LogP) is 5.95. The number of benzene rings is 2. The fourth-order valence-electron chi connectivity index (χ4n) is 4.25. The Hall–Kier alpha value is -3.12. The Morgan fingerprint density at radius 1 is 1.00 bits per heavy atom. The third-order valence-corrected chi connectivity index (χ3v) is 6.01. The van der Waals surface area contributed by atoms with Gasteiger partial charge >= 0.3 is 0 Å². The molecule has 4 rings (SSSR count). The molecule has 0 aliphatic carbocycles. The molecule has 2 aromatic carbocycles. The lowest BCUT2D eigenvalue weighted by atomic mass is 10.1. The number of aromatic nitrogens is 3. The maximum absolute atomic E-state index is 6.24. The lowest BCUT2D eigenvalue weighted by molar-refractivity contribution is 0.114. The zero-order chi connectivity index (χ0) is 23.0. The largest absolute Gasteiger partial charge is 0.494 e. The number of fused-ring (bicyclic) bond motifs is 3. The van der Waals surface area contributed by atoms with E-state index >= 15 is 0 Å². The number of anilines is 1. The second-order valence-electron chi connectivity index (χ2n) is 8.43. The molecule has 174 valence electrons. The van der Waals surface area contributed by atoms with E-state index in [0.717, 1.165) is 47.1 Å². The summed E-state index contributed by atoms with van der Waals surface area (Å²) in [6.07, 6.45) is 7.52. The summed E-state index contributed by atoms with van der Waals surface area (Å²) in [6.45, 7) is 6.27. The highest BCUT2D eigenvalue weighted by Crippen LogP contribution is 2.30. The van der Waals surface area contributed by atoms with Crippen molar-refractivity contribution in [2.75, 3.05) is 25.6 Å². The molecule has 0 fully saturated rings. The summed E-state index contributed by atoms with van der Waals surface area (Å²) in [5.41, 5.74) is 10.1. The van der Waals surface area contributed by atoms with Gasteiger partial charge in [-0.2, -0.15) is 0 Å². The van der Waals surface area contributed by atoms with E-state index in [1.54, 1.807) is 0 Å². The molecule has 0 aliphatic rings. The van der Waals surface area contributed by atoms with E-state index in [9.17, 15) is 0 Å². The van der Waals surface area contributed by atoms with Gasteiger partial charge in [-0.25, -0.2) is 9.97 Å². The van der Waals surface area contributed by atoms with Crippen molar-refractivity contribution in [2.24, 2.45) is 0 Å². The van der Waals surface area contributed by atoms with Gasteiger partial charge in [-0.3, -0.25) is 0 Å². The lowest BCUT2D eigenvalue weighted by Gasteiger charge is -2.20. The number of ether oxygens (including phenoxy) is 2. The van der Waals surface area contributed by atoms with Crippen LogP contribution in [0.15, 0.2) is 54.9 Å². The first-order valence-electron chi connectivity index (χ1n) is 12.0. The molecule has 0 saturated carbocycles. The molecule has 0 saturated heterocycles. The van der Waals surface area contributed by atoms with Crippen LogP contribution >= 0.6 is 0 Å². The van der Waals surface area contributed by atoms with Crippen molar-refractivity contribution >= 4 is 27.8 Å². The van der Waals surface area contributed by atoms with E-state index in [-0.39, 0.29) is 6.04 Å². The van der Waals surface area contributed by atoms with E-state index < -0.39 is 0 Å². The number of rotatable bonds is 12. The van der Waals surface area contributed by atoms with Crippen molar-refractivity contribution in [3.05, 3.63) is 60.4 Å². The molecule has 0 spiro atoms. The van der Waals surface area contributed by atoms with E-state index in [1.807, 2.05) is 31.5 Å². The Morgan fingerprint density at radius 3 is 2.61 bits per heavy atom.